The number of hydrogen-bond donors (Lipinski definition) is 2. The summed E-state index contributed by atoms with van der Waals surface area (Å²) in [6, 6.07) is 5.70. The molecule has 0 saturated carbocycles. The number of ether oxygens (including phenoxy) is 1. The molecule has 130 valence electrons. The second-order valence-corrected chi connectivity index (χ2v) is 6.41. The van der Waals surface area contributed by atoms with Crippen molar-refractivity contribution in [3.63, 3.8) is 0 Å². The van der Waals surface area contributed by atoms with Gasteiger partial charge in [0.25, 0.3) is 5.91 Å². The second-order valence-electron chi connectivity index (χ2n) is 6.41. The summed E-state index contributed by atoms with van der Waals surface area (Å²) in [6.45, 7) is 3.08. The summed E-state index contributed by atoms with van der Waals surface area (Å²) in [7, 11) is 3.30. The normalized spacial score (nSPS) is 14.8. The van der Waals surface area contributed by atoms with Crippen LogP contribution in [0.3, 0.4) is 0 Å². The van der Waals surface area contributed by atoms with E-state index in [9.17, 15) is 9.59 Å². The van der Waals surface area contributed by atoms with E-state index in [0.717, 1.165) is 22.2 Å². The molecule has 1 aromatic carbocycles. The van der Waals surface area contributed by atoms with Gasteiger partial charge in [-0.25, -0.2) is 9.89 Å². The summed E-state index contributed by atoms with van der Waals surface area (Å²) in [5, 5.41) is 7.37. The molecule has 25 heavy (non-hydrogen) atoms. The van der Waals surface area contributed by atoms with Gasteiger partial charge in [-0.3, -0.25) is 9.36 Å². The molecule has 1 aliphatic heterocycles. The molecule has 0 atom stereocenters. The Bertz CT molecular complexity index is 1020. The van der Waals surface area contributed by atoms with Crippen molar-refractivity contribution < 1.29 is 9.53 Å². The molecule has 0 spiro atoms. The monoisotopic (exact) mass is 341 g/mol. The number of fused-ring (bicyclic) bond motifs is 1. The maximum absolute atomic E-state index is 12.7. The Hall–Kier alpha value is -3.03. The molecule has 0 bridgehead atoms. The summed E-state index contributed by atoms with van der Waals surface area (Å²) >= 11 is 0. The van der Waals surface area contributed by atoms with E-state index < -0.39 is 0 Å². The highest BCUT2D eigenvalue weighted by Gasteiger charge is 2.35. The highest BCUT2D eigenvalue weighted by Crippen LogP contribution is 2.31. The molecule has 1 amide bonds. The van der Waals surface area contributed by atoms with Gasteiger partial charge >= 0.3 is 5.69 Å². The third kappa shape index (κ3) is 2.33. The largest absolute Gasteiger partial charge is 0.496 e. The highest BCUT2D eigenvalue weighted by atomic mass is 16.5. The fourth-order valence-corrected chi connectivity index (χ4v) is 3.33. The van der Waals surface area contributed by atoms with Crippen LogP contribution in [0.25, 0.3) is 10.9 Å². The Morgan fingerprint density at radius 3 is 2.76 bits per heavy atom. The number of carbonyl (C=O) groups is 1. The van der Waals surface area contributed by atoms with Crippen LogP contribution in [0, 0.1) is 6.92 Å². The molecule has 4 rings (SSSR count). The average Bonchev–Trinajstić information content (AvgIpc) is 3.14. The van der Waals surface area contributed by atoms with Crippen molar-refractivity contribution in [1.82, 2.24) is 24.6 Å². The zero-order valence-corrected chi connectivity index (χ0v) is 14.3. The number of amides is 1. The number of aryl methyl sites for hydroxylation is 1. The summed E-state index contributed by atoms with van der Waals surface area (Å²) in [5.41, 5.74) is 2.27. The average molecular weight is 341 g/mol. The molecular weight excluding hydrogens is 322 g/mol. The van der Waals surface area contributed by atoms with Gasteiger partial charge in [0.1, 0.15) is 17.3 Å². The predicted molar refractivity (Wildman–Crippen MR) is 92.1 cm³/mol. The number of aromatic nitrogens is 4. The van der Waals surface area contributed by atoms with Gasteiger partial charge in [-0.2, -0.15) is 5.10 Å². The Balaban J connectivity index is 1.57. The van der Waals surface area contributed by atoms with Crippen LogP contribution >= 0.6 is 0 Å². The van der Waals surface area contributed by atoms with E-state index in [1.165, 1.54) is 4.57 Å². The first kappa shape index (κ1) is 15.5. The van der Waals surface area contributed by atoms with Crippen molar-refractivity contribution in [2.24, 2.45) is 7.05 Å². The third-order valence-corrected chi connectivity index (χ3v) is 4.86. The minimum atomic E-state index is -0.238. The van der Waals surface area contributed by atoms with E-state index in [1.807, 2.05) is 25.1 Å². The van der Waals surface area contributed by atoms with Gasteiger partial charge < -0.3 is 14.6 Å². The minimum absolute atomic E-state index is 0.0607. The van der Waals surface area contributed by atoms with Crippen LogP contribution in [-0.2, 0) is 7.05 Å². The molecule has 0 radical (unpaired) electrons. The number of aromatic amines is 2. The van der Waals surface area contributed by atoms with Crippen LogP contribution < -0.4 is 10.4 Å². The lowest BCUT2D eigenvalue weighted by atomic mass is 9.98. The highest BCUT2D eigenvalue weighted by molar-refractivity contribution is 6.00. The summed E-state index contributed by atoms with van der Waals surface area (Å²) in [6.07, 6.45) is 0. The number of H-pyrrole nitrogens is 2. The van der Waals surface area contributed by atoms with Gasteiger partial charge in [0.15, 0.2) is 0 Å². The first-order valence-electron chi connectivity index (χ1n) is 8.06. The molecule has 0 aliphatic carbocycles. The van der Waals surface area contributed by atoms with Crippen LogP contribution in [0.5, 0.6) is 5.75 Å². The molecular formula is C17H19N5O3. The predicted octanol–water partition coefficient (Wildman–Crippen LogP) is 1.15. The molecule has 8 heteroatoms. The molecule has 8 nitrogen and oxygen atoms in total. The lowest BCUT2D eigenvalue weighted by Crippen LogP contribution is -2.49. The Kier molecular flexibility index (Phi) is 3.41. The van der Waals surface area contributed by atoms with E-state index >= 15 is 0 Å². The topological polar surface area (TPSA) is 96.0 Å². The lowest BCUT2D eigenvalue weighted by molar-refractivity contribution is 0.0586. The number of nitrogens with zero attached hydrogens (tertiary/aromatic N) is 3. The molecule has 2 aromatic heterocycles. The quantitative estimate of drug-likeness (QED) is 0.747. The van der Waals surface area contributed by atoms with E-state index in [1.54, 1.807) is 19.1 Å². The van der Waals surface area contributed by atoms with E-state index in [2.05, 4.69) is 15.2 Å². The summed E-state index contributed by atoms with van der Waals surface area (Å²) in [5.74, 6) is 1.44. The van der Waals surface area contributed by atoms with E-state index in [-0.39, 0.29) is 17.5 Å². The molecule has 3 heterocycles. The summed E-state index contributed by atoms with van der Waals surface area (Å²) < 4.78 is 6.87. The second kappa shape index (κ2) is 5.51. The molecule has 3 aromatic rings. The molecule has 2 N–H and O–H groups in total. The van der Waals surface area contributed by atoms with Gasteiger partial charge in [-0.05, 0) is 24.6 Å². The number of hydrogen-bond acceptors (Lipinski definition) is 4. The minimum Gasteiger partial charge on any atom is -0.496 e. The van der Waals surface area contributed by atoms with Crippen molar-refractivity contribution in [3.8, 4) is 5.75 Å². The number of carbonyl (C=O) groups excluding carboxylic acids is 1. The molecule has 1 aliphatic rings. The van der Waals surface area contributed by atoms with Gasteiger partial charge in [-0.15, -0.1) is 0 Å². The van der Waals surface area contributed by atoms with Crippen LogP contribution in [0.1, 0.15) is 27.8 Å². The van der Waals surface area contributed by atoms with E-state index in [0.29, 0.717) is 24.6 Å². The van der Waals surface area contributed by atoms with Crippen molar-refractivity contribution >= 4 is 16.8 Å². The number of nitrogens with one attached hydrogen (secondary N) is 2. The third-order valence-electron chi connectivity index (χ3n) is 4.86. The van der Waals surface area contributed by atoms with Crippen LogP contribution in [0.15, 0.2) is 23.0 Å². The van der Waals surface area contributed by atoms with Crippen molar-refractivity contribution in [2.75, 3.05) is 20.2 Å². The van der Waals surface area contributed by atoms with Gasteiger partial charge in [-0.1, -0.05) is 6.07 Å². The molecule has 1 fully saturated rings. The SMILES string of the molecule is COc1ccc(C)c2[nH]c(C(=O)N3CC(c4n[nH]c(=O)n4C)C3)cc12. The van der Waals surface area contributed by atoms with Gasteiger partial charge in [0.05, 0.1) is 18.5 Å². The van der Waals surface area contributed by atoms with Crippen molar-refractivity contribution in [1.29, 1.82) is 0 Å². The Morgan fingerprint density at radius 1 is 1.36 bits per heavy atom. The number of rotatable bonds is 3. The number of methoxy groups -OCH3 is 1. The maximum Gasteiger partial charge on any atom is 0.343 e. The first-order valence-corrected chi connectivity index (χ1v) is 8.06. The summed E-state index contributed by atoms with van der Waals surface area (Å²) in [4.78, 5) is 29.1. The van der Waals surface area contributed by atoms with Crippen LogP contribution in [0.4, 0.5) is 0 Å². The smallest absolute Gasteiger partial charge is 0.343 e. The zero-order valence-electron chi connectivity index (χ0n) is 14.3. The Labute approximate surface area is 143 Å². The maximum atomic E-state index is 12.7. The van der Waals surface area contributed by atoms with Gasteiger partial charge in [0.2, 0.25) is 0 Å². The number of benzene rings is 1. The first-order chi connectivity index (χ1) is 12.0. The van der Waals surface area contributed by atoms with Gasteiger partial charge in [0, 0.05) is 25.5 Å². The lowest BCUT2D eigenvalue weighted by Gasteiger charge is -2.38. The van der Waals surface area contributed by atoms with Crippen molar-refractivity contribution in [3.05, 3.63) is 45.8 Å². The van der Waals surface area contributed by atoms with Crippen molar-refractivity contribution in [2.45, 2.75) is 12.8 Å². The fraction of sp³-hybridized carbons (Fsp3) is 0.353. The fourth-order valence-electron chi connectivity index (χ4n) is 3.33. The number of likely N-dealkylation sites (tertiary alicyclic amines) is 1. The van der Waals surface area contributed by atoms with Crippen LogP contribution in [-0.4, -0.2) is 50.8 Å². The standard InChI is InChI=1S/C17H19N5O3/c1-9-4-5-13(25-3)11-6-12(18-14(9)11)16(23)22-7-10(8-22)15-19-20-17(24)21(15)2/h4-6,10,18H,7-8H2,1-3H3,(H,20,24). The molecule has 0 unspecified atom stereocenters. The van der Waals surface area contributed by atoms with E-state index in [4.69, 9.17) is 4.74 Å². The van der Waals surface area contributed by atoms with Crippen LogP contribution in [0.2, 0.25) is 0 Å². The zero-order chi connectivity index (χ0) is 17.7. The Morgan fingerprint density at radius 2 is 2.12 bits per heavy atom. The molecule has 1 saturated heterocycles.